The lowest BCUT2D eigenvalue weighted by atomic mass is 9.95. The van der Waals surface area contributed by atoms with Crippen molar-refractivity contribution in [3.8, 4) is 0 Å². The average molecular weight is 534 g/mol. The van der Waals surface area contributed by atoms with Crippen LogP contribution in [0.5, 0.6) is 0 Å². The zero-order valence-electron chi connectivity index (χ0n) is 21.3. The molecule has 6 heterocycles. The summed E-state index contributed by atoms with van der Waals surface area (Å²) in [7, 11) is 0. The molecule has 3 aliphatic rings. The Morgan fingerprint density at radius 2 is 2.00 bits per heavy atom. The van der Waals surface area contributed by atoms with Gasteiger partial charge in [-0.15, -0.1) is 0 Å². The summed E-state index contributed by atoms with van der Waals surface area (Å²) in [5, 5.41) is 11.3. The Kier molecular flexibility index (Phi) is 5.30. The largest absolute Gasteiger partial charge is 0.447 e. The number of fused-ring (bicyclic) bond motifs is 3. The number of rotatable bonds is 4. The maximum atomic E-state index is 13.6. The Hall–Kier alpha value is -3.79. The number of anilines is 2. The summed E-state index contributed by atoms with van der Waals surface area (Å²) in [5.41, 5.74) is 3.84. The van der Waals surface area contributed by atoms with E-state index in [0.29, 0.717) is 37.9 Å². The molecule has 2 atom stereocenters. The third-order valence-electron chi connectivity index (χ3n) is 7.97. The van der Waals surface area contributed by atoms with E-state index in [1.54, 1.807) is 11.0 Å². The number of pyridine rings is 2. The van der Waals surface area contributed by atoms with E-state index in [1.165, 1.54) is 0 Å². The van der Waals surface area contributed by atoms with E-state index in [4.69, 9.17) is 16.3 Å². The van der Waals surface area contributed by atoms with Crippen molar-refractivity contribution in [1.29, 1.82) is 0 Å². The fraction of sp³-hybridized carbons (Fsp3) is 0.407. The molecule has 1 aromatic carbocycles. The van der Waals surface area contributed by atoms with Crippen LogP contribution in [0.2, 0.25) is 5.15 Å². The molecule has 3 aromatic heterocycles. The van der Waals surface area contributed by atoms with Crippen LogP contribution in [0.3, 0.4) is 0 Å². The first-order valence-electron chi connectivity index (χ1n) is 13.0. The van der Waals surface area contributed by atoms with Gasteiger partial charge in [0.15, 0.2) is 5.82 Å². The van der Waals surface area contributed by atoms with Crippen LogP contribution in [-0.4, -0.2) is 62.6 Å². The second-order valence-corrected chi connectivity index (χ2v) is 10.8. The highest BCUT2D eigenvalue weighted by Crippen LogP contribution is 2.36. The van der Waals surface area contributed by atoms with Crippen molar-refractivity contribution >= 4 is 51.0 Å². The molecule has 0 saturated carbocycles. The molecule has 11 heteroatoms. The van der Waals surface area contributed by atoms with Crippen LogP contribution in [0.15, 0.2) is 35.3 Å². The minimum atomic E-state index is -0.250. The van der Waals surface area contributed by atoms with Gasteiger partial charge in [-0.05, 0) is 49.6 Å². The Bertz CT molecular complexity index is 1680. The molecule has 2 unspecified atom stereocenters. The molecule has 2 fully saturated rings. The number of hydrogen-bond acceptors (Lipinski definition) is 7. The Morgan fingerprint density at radius 3 is 2.87 bits per heavy atom. The van der Waals surface area contributed by atoms with Crippen molar-refractivity contribution in [2.24, 2.45) is 0 Å². The number of hydrogen-bond donors (Lipinski definition) is 1. The SMILES string of the molecule is Cc1cc(C(C)Nc2ccc(Cl)nc2N2CCN3C(=O)OCC3C2)c2c(c1)c(=O)n1c3c2cnn3CCC1. The average Bonchev–Trinajstić information content (AvgIpc) is 3.51. The molecule has 1 N–H and O–H groups in total. The van der Waals surface area contributed by atoms with Crippen LogP contribution >= 0.6 is 11.6 Å². The molecule has 0 bridgehead atoms. The lowest BCUT2D eigenvalue weighted by molar-refractivity contribution is 0.157. The maximum Gasteiger partial charge on any atom is 0.410 e. The molecule has 196 valence electrons. The van der Waals surface area contributed by atoms with E-state index in [2.05, 4.69) is 33.3 Å². The number of amides is 1. The number of ether oxygens (including phenoxy) is 1. The zero-order chi connectivity index (χ0) is 26.1. The summed E-state index contributed by atoms with van der Waals surface area (Å²) in [6.45, 7) is 7.85. The molecule has 2 saturated heterocycles. The summed E-state index contributed by atoms with van der Waals surface area (Å²) < 4.78 is 9.06. The lowest BCUT2D eigenvalue weighted by Gasteiger charge is -2.37. The van der Waals surface area contributed by atoms with Gasteiger partial charge >= 0.3 is 6.09 Å². The van der Waals surface area contributed by atoms with Gasteiger partial charge in [0.1, 0.15) is 17.4 Å². The number of piperazine rings is 1. The van der Waals surface area contributed by atoms with Gasteiger partial charge in [-0.25, -0.2) is 14.5 Å². The summed E-state index contributed by atoms with van der Waals surface area (Å²) in [4.78, 5) is 34.2. The molecule has 0 radical (unpaired) electrons. The van der Waals surface area contributed by atoms with Gasteiger partial charge in [0, 0.05) is 54.9 Å². The topological polar surface area (TPSA) is 97.5 Å². The second-order valence-electron chi connectivity index (χ2n) is 10.4. The van der Waals surface area contributed by atoms with E-state index < -0.39 is 0 Å². The fourth-order valence-corrected chi connectivity index (χ4v) is 6.37. The number of cyclic esters (lactones) is 1. The van der Waals surface area contributed by atoms with Crippen LogP contribution in [0.4, 0.5) is 16.3 Å². The first-order valence-corrected chi connectivity index (χ1v) is 13.4. The standard InChI is InChI=1S/C27H28ClN7O3/c1-15-10-18(23-19(11-15)26(36)34-6-3-7-35-25(34)20(23)12-29-35)16(2)30-21-4-5-22(28)31-24(21)32-8-9-33-17(13-32)14-38-27(33)37/h4-5,10-12,16-17,30H,3,6-9,13-14H2,1-2H3. The molecular weight excluding hydrogens is 506 g/mol. The molecule has 4 aromatic rings. The molecule has 1 amide bonds. The number of nitrogens with zero attached hydrogens (tertiary/aromatic N) is 6. The Labute approximate surface area is 223 Å². The van der Waals surface area contributed by atoms with Crippen molar-refractivity contribution in [2.45, 2.75) is 45.4 Å². The fourth-order valence-electron chi connectivity index (χ4n) is 6.23. The second kappa shape index (κ2) is 8.62. The number of benzene rings is 1. The highest BCUT2D eigenvalue weighted by Gasteiger charge is 2.38. The predicted octanol–water partition coefficient (Wildman–Crippen LogP) is 3.93. The van der Waals surface area contributed by atoms with Crippen molar-refractivity contribution in [1.82, 2.24) is 24.2 Å². The van der Waals surface area contributed by atoms with Gasteiger partial charge in [0.05, 0.1) is 17.9 Å². The van der Waals surface area contributed by atoms with E-state index >= 15 is 0 Å². The monoisotopic (exact) mass is 533 g/mol. The lowest BCUT2D eigenvalue weighted by Crippen LogP contribution is -2.52. The van der Waals surface area contributed by atoms with Crippen molar-refractivity contribution in [2.75, 3.05) is 36.5 Å². The first kappa shape index (κ1) is 23.3. The van der Waals surface area contributed by atoms with Crippen molar-refractivity contribution < 1.29 is 9.53 Å². The summed E-state index contributed by atoms with van der Waals surface area (Å²) >= 11 is 6.34. The highest BCUT2D eigenvalue weighted by atomic mass is 35.5. The first-order chi connectivity index (χ1) is 18.4. The van der Waals surface area contributed by atoms with Gasteiger partial charge in [-0.2, -0.15) is 5.10 Å². The quantitative estimate of drug-likeness (QED) is 0.397. The molecule has 38 heavy (non-hydrogen) atoms. The van der Waals surface area contributed by atoms with Crippen molar-refractivity contribution in [3.05, 3.63) is 57.1 Å². The van der Waals surface area contributed by atoms with Crippen LogP contribution < -0.4 is 15.8 Å². The van der Waals surface area contributed by atoms with E-state index in [0.717, 1.165) is 57.4 Å². The summed E-state index contributed by atoms with van der Waals surface area (Å²) in [6, 6.07) is 7.72. The molecular formula is C27H28ClN7O3. The Morgan fingerprint density at radius 1 is 1.13 bits per heavy atom. The normalized spacial score (nSPS) is 19.7. The molecule has 10 nitrogen and oxygen atoms in total. The number of aromatic nitrogens is 4. The van der Waals surface area contributed by atoms with Crippen LogP contribution in [0, 0.1) is 6.92 Å². The van der Waals surface area contributed by atoms with Crippen LogP contribution in [0.1, 0.15) is 30.5 Å². The number of aryl methyl sites for hydroxylation is 3. The van der Waals surface area contributed by atoms with E-state index in [9.17, 15) is 9.59 Å². The molecule has 0 spiro atoms. The minimum absolute atomic E-state index is 0.00595. The molecule has 0 aliphatic carbocycles. The summed E-state index contributed by atoms with van der Waals surface area (Å²) in [5.74, 6) is 0.745. The van der Waals surface area contributed by atoms with Crippen LogP contribution in [0.25, 0.3) is 21.8 Å². The van der Waals surface area contributed by atoms with E-state index in [1.807, 2.05) is 34.5 Å². The number of halogens is 1. The van der Waals surface area contributed by atoms with Crippen molar-refractivity contribution in [3.63, 3.8) is 0 Å². The number of carbonyl (C=O) groups excluding carboxylic acids is 1. The molecule has 7 rings (SSSR count). The Balaban J connectivity index is 1.30. The van der Waals surface area contributed by atoms with E-state index in [-0.39, 0.29) is 23.7 Å². The molecule has 3 aliphatic heterocycles. The van der Waals surface area contributed by atoms with Gasteiger partial charge < -0.3 is 15.0 Å². The van der Waals surface area contributed by atoms with Crippen LogP contribution in [-0.2, 0) is 17.8 Å². The van der Waals surface area contributed by atoms with Gasteiger partial charge in [-0.3, -0.25) is 14.3 Å². The zero-order valence-corrected chi connectivity index (χ0v) is 22.0. The minimum Gasteiger partial charge on any atom is -0.447 e. The number of carbonyl (C=O) groups is 1. The third kappa shape index (κ3) is 3.53. The van der Waals surface area contributed by atoms with Gasteiger partial charge in [0.25, 0.3) is 5.56 Å². The maximum absolute atomic E-state index is 13.6. The van der Waals surface area contributed by atoms with Gasteiger partial charge in [0.2, 0.25) is 0 Å². The highest BCUT2D eigenvalue weighted by molar-refractivity contribution is 6.29. The number of nitrogens with one attached hydrogen (secondary N) is 1. The third-order valence-corrected chi connectivity index (χ3v) is 8.18. The smallest absolute Gasteiger partial charge is 0.410 e. The summed E-state index contributed by atoms with van der Waals surface area (Å²) in [6.07, 6.45) is 2.54. The van der Waals surface area contributed by atoms with Gasteiger partial charge in [-0.1, -0.05) is 17.7 Å². The predicted molar refractivity (Wildman–Crippen MR) is 146 cm³/mol.